The van der Waals surface area contributed by atoms with Gasteiger partial charge in [-0.2, -0.15) is 0 Å². The zero-order chi connectivity index (χ0) is 22.4. The highest BCUT2D eigenvalue weighted by molar-refractivity contribution is 5.96. The largest absolute Gasteiger partial charge is 0.493 e. The van der Waals surface area contributed by atoms with Crippen molar-refractivity contribution in [3.05, 3.63) is 52.6 Å². The van der Waals surface area contributed by atoms with Crippen molar-refractivity contribution in [2.24, 2.45) is 0 Å². The fourth-order valence-electron chi connectivity index (χ4n) is 3.12. The average molecular weight is 412 g/mol. The number of ether oxygens (including phenoxy) is 2. The lowest BCUT2D eigenvalue weighted by Gasteiger charge is -2.19. The number of nitrogens with zero attached hydrogens (tertiary/aromatic N) is 1. The van der Waals surface area contributed by atoms with Crippen molar-refractivity contribution in [2.75, 3.05) is 32.6 Å². The van der Waals surface area contributed by atoms with Gasteiger partial charge in [-0.15, -0.1) is 0 Å². The molecule has 0 saturated heterocycles. The first-order valence-corrected chi connectivity index (χ1v) is 9.55. The number of rotatable bonds is 8. The summed E-state index contributed by atoms with van der Waals surface area (Å²) in [5.74, 6) is -0.0361. The van der Waals surface area contributed by atoms with E-state index in [9.17, 15) is 14.4 Å². The number of methoxy groups -OCH3 is 1. The SMILES string of the molecule is COc1cc(C(C)=O)ccc1OCC(=O)N(C)CC(=O)Nc1c(C)cc(C)cc1C. The van der Waals surface area contributed by atoms with E-state index in [0.29, 0.717) is 17.1 Å². The molecule has 0 aromatic heterocycles. The van der Waals surface area contributed by atoms with Crippen LogP contribution in [0.4, 0.5) is 5.69 Å². The molecule has 2 amide bonds. The van der Waals surface area contributed by atoms with Crippen molar-refractivity contribution in [1.29, 1.82) is 0 Å². The third-order valence-corrected chi connectivity index (χ3v) is 4.67. The number of hydrogen-bond acceptors (Lipinski definition) is 5. The molecule has 30 heavy (non-hydrogen) atoms. The molecule has 160 valence electrons. The first-order valence-electron chi connectivity index (χ1n) is 9.55. The Labute approximate surface area is 177 Å². The van der Waals surface area contributed by atoms with Gasteiger partial charge in [0.25, 0.3) is 5.91 Å². The Kier molecular flexibility index (Phi) is 7.58. The lowest BCUT2D eigenvalue weighted by Crippen LogP contribution is -2.37. The van der Waals surface area contributed by atoms with Crippen LogP contribution in [0.25, 0.3) is 0 Å². The maximum absolute atomic E-state index is 12.4. The van der Waals surface area contributed by atoms with Gasteiger partial charge in [-0.25, -0.2) is 0 Å². The van der Waals surface area contributed by atoms with Crippen LogP contribution in [0.5, 0.6) is 11.5 Å². The Balaban J connectivity index is 1.95. The van der Waals surface area contributed by atoms with Gasteiger partial charge in [0, 0.05) is 18.3 Å². The van der Waals surface area contributed by atoms with Crippen molar-refractivity contribution < 1.29 is 23.9 Å². The predicted octanol–water partition coefficient (Wildman–Crippen LogP) is 3.30. The van der Waals surface area contributed by atoms with E-state index in [-0.39, 0.29) is 30.7 Å². The van der Waals surface area contributed by atoms with Crippen molar-refractivity contribution >= 4 is 23.3 Å². The van der Waals surface area contributed by atoms with E-state index in [1.165, 1.54) is 26.0 Å². The number of anilines is 1. The zero-order valence-electron chi connectivity index (χ0n) is 18.3. The number of carbonyl (C=O) groups excluding carboxylic acids is 3. The normalized spacial score (nSPS) is 10.3. The van der Waals surface area contributed by atoms with Gasteiger partial charge >= 0.3 is 0 Å². The molecule has 0 aliphatic heterocycles. The van der Waals surface area contributed by atoms with Gasteiger partial charge in [0.05, 0.1) is 13.7 Å². The second kappa shape index (κ2) is 9.91. The summed E-state index contributed by atoms with van der Waals surface area (Å²) in [5, 5.41) is 2.87. The van der Waals surface area contributed by atoms with Crippen LogP contribution in [0.1, 0.15) is 34.0 Å². The van der Waals surface area contributed by atoms with Crippen molar-refractivity contribution in [3.8, 4) is 11.5 Å². The summed E-state index contributed by atoms with van der Waals surface area (Å²) in [5.41, 5.74) is 4.32. The highest BCUT2D eigenvalue weighted by atomic mass is 16.5. The van der Waals surface area contributed by atoms with Crippen LogP contribution in [0.15, 0.2) is 30.3 Å². The maximum atomic E-state index is 12.4. The number of benzene rings is 2. The highest BCUT2D eigenvalue weighted by Gasteiger charge is 2.17. The standard InChI is InChI=1S/C23H28N2O5/c1-14-9-15(2)23(16(3)10-14)24-21(27)12-25(5)22(28)13-30-19-8-7-18(17(4)26)11-20(19)29-6/h7-11H,12-13H2,1-6H3,(H,24,27). The monoisotopic (exact) mass is 412 g/mol. The van der Waals surface area contributed by atoms with Crippen LogP contribution in [0.3, 0.4) is 0 Å². The molecule has 7 nitrogen and oxygen atoms in total. The molecule has 0 heterocycles. The Morgan fingerprint density at radius 2 is 1.63 bits per heavy atom. The van der Waals surface area contributed by atoms with Crippen molar-refractivity contribution in [1.82, 2.24) is 4.90 Å². The van der Waals surface area contributed by atoms with Crippen LogP contribution < -0.4 is 14.8 Å². The van der Waals surface area contributed by atoms with Gasteiger partial charge in [0.2, 0.25) is 5.91 Å². The van der Waals surface area contributed by atoms with Gasteiger partial charge in [-0.3, -0.25) is 14.4 Å². The van der Waals surface area contributed by atoms with Crippen LogP contribution in [-0.2, 0) is 9.59 Å². The molecule has 0 spiro atoms. The Hall–Kier alpha value is -3.35. The van der Waals surface area contributed by atoms with Crippen molar-refractivity contribution in [3.63, 3.8) is 0 Å². The number of Topliss-reactive ketones (excluding diaryl/α,β-unsaturated/α-hetero) is 1. The first-order chi connectivity index (χ1) is 14.1. The fraction of sp³-hybridized carbons (Fsp3) is 0.348. The van der Waals surface area contributed by atoms with Gasteiger partial charge in [0.15, 0.2) is 23.9 Å². The molecule has 2 rings (SSSR count). The van der Waals surface area contributed by atoms with Gasteiger partial charge in [-0.1, -0.05) is 17.7 Å². The molecular formula is C23H28N2O5. The maximum Gasteiger partial charge on any atom is 0.260 e. The third kappa shape index (κ3) is 5.83. The molecule has 0 atom stereocenters. The molecule has 0 aliphatic rings. The summed E-state index contributed by atoms with van der Waals surface area (Å²) in [4.78, 5) is 37.6. The number of aryl methyl sites for hydroxylation is 3. The summed E-state index contributed by atoms with van der Waals surface area (Å²) >= 11 is 0. The van der Waals surface area contributed by atoms with Crippen molar-refractivity contribution in [2.45, 2.75) is 27.7 Å². The minimum atomic E-state index is -0.361. The quantitative estimate of drug-likeness (QED) is 0.673. The number of ketones is 1. The van der Waals surface area contributed by atoms with E-state index in [0.717, 1.165) is 22.4 Å². The number of carbonyl (C=O) groups is 3. The Bertz CT molecular complexity index is 945. The minimum absolute atomic E-state index is 0.0966. The minimum Gasteiger partial charge on any atom is -0.493 e. The van der Waals surface area contributed by atoms with E-state index in [4.69, 9.17) is 9.47 Å². The van der Waals surface area contributed by atoms with Gasteiger partial charge in [-0.05, 0) is 57.0 Å². The summed E-state index contributed by atoms with van der Waals surface area (Å²) in [6.07, 6.45) is 0. The number of hydrogen-bond donors (Lipinski definition) is 1. The molecule has 0 bridgehead atoms. The van der Waals surface area contributed by atoms with E-state index in [1.54, 1.807) is 18.2 Å². The Morgan fingerprint density at radius 1 is 1.00 bits per heavy atom. The van der Waals surface area contributed by atoms with E-state index >= 15 is 0 Å². The highest BCUT2D eigenvalue weighted by Crippen LogP contribution is 2.28. The topological polar surface area (TPSA) is 84.9 Å². The Morgan fingerprint density at radius 3 is 2.20 bits per heavy atom. The number of amides is 2. The predicted molar refractivity (Wildman–Crippen MR) is 115 cm³/mol. The van der Waals surface area contributed by atoms with Crippen LogP contribution in [0, 0.1) is 20.8 Å². The molecule has 0 aliphatic carbocycles. The van der Waals surface area contributed by atoms with Crippen LogP contribution >= 0.6 is 0 Å². The molecule has 2 aromatic carbocycles. The zero-order valence-corrected chi connectivity index (χ0v) is 18.3. The summed E-state index contributed by atoms with van der Waals surface area (Å²) < 4.78 is 10.8. The smallest absolute Gasteiger partial charge is 0.260 e. The van der Waals surface area contributed by atoms with Gasteiger partial charge in [0.1, 0.15) is 0 Å². The molecule has 0 saturated carbocycles. The average Bonchev–Trinajstić information content (AvgIpc) is 2.68. The molecule has 7 heteroatoms. The molecule has 0 unspecified atom stereocenters. The van der Waals surface area contributed by atoms with E-state index < -0.39 is 0 Å². The van der Waals surface area contributed by atoms with E-state index in [2.05, 4.69) is 5.32 Å². The van der Waals surface area contributed by atoms with E-state index in [1.807, 2.05) is 32.9 Å². The molecular weight excluding hydrogens is 384 g/mol. The lowest BCUT2D eigenvalue weighted by atomic mass is 10.1. The second-order valence-corrected chi connectivity index (χ2v) is 7.28. The third-order valence-electron chi connectivity index (χ3n) is 4.67. The van der Waals surface area contributed by atoms with Gasteiger partial charge < -0.3 is 19.7 Å². The fourth-order valence-corrected chi connectivity index (χ4v) is 3.12. The summed E-state index contributed by atoms with van der Waals surface area (Å²) in [6, 6.07) is 8.74. The molecule has 0 fully saturated rings. The van der Waals surface area contributed by atoms with Crippen LogP contribution in [0.2, 0.25) is 0 Å². The number of likely N-dealkylation sites (N-methyl/N-ethyl adjacent to an activating group) is 1. The lowest BCUT2D eigenvalue weighted by molar-refractivity contribution is -0.135. The first kappa shape index (κ1) is 22.9. The second-order valence-electron chi connectivity index (χ2n) is 7.28. The number of nitrogens with one attached hydrogen (secondary N) is 1. The molecule has 1 N–H and O–H groups in total. The molecule has 0 radical (unpaired) electrons. The molecule has 2 aromatic rings. The summed E-state index contributed by atoms with van der Waals surface area (Å²) in [6.45, 7) is 6.96. The summed E-state index contributed by atoms with van der Waals surface area (Å²) in [7, 11) is 3.00. The van der Waals surface area contributed by atoms with Crippen LogP contribution in [-0.4, -0.2) is 49.8 Å².